The molecule has 0 saturated carbocycles. The van der Waals surface area contributed by atoms with Crippen LogP contribution in [0, 0.1) is 21.8 Å². The fourth-order valence-electron chi connectivity index (χ4n) is 3.47. The number of fused-ring (bicyclic) bond motifs is 1. The Morgan fingerprint density at radius 3 is 2.61 bits per heavy atom. The first-order chi connectivity index (χ1) is 13.5. The molecule has 0 unspecified atom stereocenters. The molecule has 146 valence electrons. The Morgan fingerprint density at radius 1 is 1.14 bits per heavy atom. The average Bonchev–Trinajstić information content (AvgIpc) is 3.16. The van der Waals surface area contributed by atoms with Crippen LogP contribution in [0.3, 0.4) is 0 Å². The van der Waals surface area contributed by atoms with E-state index in [4.69, 9.17) is 9.47 Å². The summed E-state index contributed by atoms with van der Waals surface area (Å²) < 4.78 is 24.8. The van der Waals surface area contributed by atoms with Gasteiger partial charge < -0.3 is 19.7 Å². The Hall–Kier alpha value is -3.36. The predicted octanol–water partition coefficient (Wildman–Crippen LogP) is 3.32. The molecular weight excluding hydrogens is 369 g/mol. The lowest BCUT2D eigenvalue weighted by Gasteiger charge is -2.33. The molecule has 2 aromatic carbocycles. The number of non-ortho nitro benzene ring substituents is 1. The van der Waals surface area contributed by atoms with E-state index in [1.807, 2.05) is 4.90 Å². The van der Waals surface area contributed by atoms with Crippen LogP contribution in [-0.2, 0) is 4.79 Å². The van der Waals surface area contributed by atoms with Gasteiger partial charge in [0.25, 0.3) is 5.69 Å². The lowest BCUT2D eigenvalue weighted by molar-refractivity contribution is -0.385. The van der Waals surface area contributed by atoms with Crippen molar-refractivity contribution >= 4 is 23.0 Å². The molecule has 2 aliphatic heterocycles. The number of anilines is 2. The summed E-state index contributed by atoms with van der Waals surface area (Å²) in [6.07, 6.45) is 1.12. The lowest BCUT2D eigenvalue weighted by Crippen LogP contribution is -2.38. The number of rotatable bonds is 4. The van der Waals surface area contributed by atoms with Gasteiger partial charge in [-0.3, -0.25) is 14.9 Å². The van der Waals surface area contributed by atoms with Gasteiger partial charge in [-0.25, -0.2) is 4.39 Å². The number of amides is 1. The zero-order chi connectivity index (χ0) is 19.7. The first-order valence-corrected chi connectivity index (χ1v) is 8.90. The highest BCUT2D eigenvalue weighted by molar-refractivity contribution is 5.93. The van der Waals surface area contributed by atoms with Gasteiger partial charge in [-0.05, 0) is 31.0 Å². The van der Waals surface area contributed by atoms with Crippen molar-refractivity contribution in [3.63, 3.8) is 0 Å². The lowest BCUT2D eigenvalue weighted by atomic mass is 9.95. The van der Waals surface area contributed by atoms with Gasteiger partial charge in [0, 0.05) is 36.8 Å². The quantitative estimate of drug-likeness (QED) is 0.639. The molecule has 1 fully saturated rings. The topological polar surface area (TPSA) is 93.9 Å². The summed E-state index contributed by atoms with van der Waals surface area (Å²) in [5.41, 5.74) is 0.678. The monoisotopic (exact) mass is 387 g/mol. The van der Waals surface area contributed by atoms with Crippen molar-refractivity contribution < 1.29 is 23.6 Å². The van der Waals surface area contributed by atoms with Gasteiger partial charge in [-0.15, -0.1) is 0 Å². The second-order valence-electron chi connectivity index (χ2n) is 6.71. The Bertz CT molecular complexity index is 928. The van der Waals surface area contributed by atoms with Gasteiger partial charge in [0.2, 0.25) is 12.7 Å². The van der Waals surface area contributed by atoms with Crippen LogP contribution >= 0.6 is 0 Å². The third kappa shape index (κ3) is 3.55. The molecule has 0 spiro atoms. The number of halogens is 1. The smallest absolute Gasteiger partial charge is 0.272 e. The number of hydrogen-bond acceptors (Lipinski definition) is 6. The maximum Gasteiger partial charge on any atom is 0.272 e. The minimum absolute atomic E-state index is 0.0947. The molecule has 1 saturated heterocycles. The fourth-order valence-corrected chi connectivity index (χ4v) is 3.47. The Balaban J connectivity index is 1.36. The average molecular weight is 387 g/mol. The number of ether oxygens (including phenoxy) is 2. The summed E-state index contributed by atoms with van der Waals surface area (Å²) in [6, 6.07) is 8.86. The standard InChI is InChI=1S/C19H18FN3O5/c20-15-10-14(23(25)26)2-3-16(15)22-7-5-12(6-8-22)19(24)21-13-1-4-17-18(9-13)28-11-27-17/h1-4,9-10,12H,5-8,11H2,(H,21,24). The first kappa shape index (κ1) is 18.0. The third-order valence-corrected chi connectivity index (χ3v) is 4.99. The van der Waals surface area contributed by atoms with Gasteiger partial charge >= 0.3 is 0 Å². The van der Waals surface area contributed by atoms with Gasteiger partial charge in [0.1, 0.15) is 0 Å². The van der Waals surface area contributed by atoms with Gasteiger partial charge in [-0.1, -0.05) is 0 Å². The molecule has 2 aliphatic rings. The van der Waals surface area contributed by atoms with Crippen LogP contribution in [0.4, 0.5) is 21.5 Å². The maximum absolute atomic E-state index is 14.2. The normalized spacial score (nSPS) is 16.1. The maximum atomic E-state index is 14.2. The van der Waals surface area contributed by atoms with Crippen molar-refractivity contribution in [2.24, 2.45) is 5.92 Å². The van der Waals surface area contributed by atoms with E-state index in [0.29, 0.717) is 48.8 Å². The second kappa shape index (κ2) is 7.34. The molecular formula is C19H18FN3O5. The van der Waals surface area contributed by atoms with Crippen LogP contribution < -0.4 is 19.7 Å². The summed E-state index contributed by atoms with van der Waals surface area (Å²) in [5.74, 6) is 0.334. The molecule has 2 aromatic rings. The molecule has 0 atom stereocenters. The molecule has 8 nitrogen and oxygen atoms in total. The highest BCUT2D eigenvalue weighted by Crippen LogP contribution is 2.35. The van der Waals surface area contributed by atoms with Crippen LogP contribution in [0.5, 0.6) is 11.5 Å². The molecule has 1 N–H and O–H groups in total. The number of piperidine rings is 1. The van der Waals surface area contributed by atoms with E-state index in [9.17, 15) is 19.3 Å². The number of nitrogens with zero attached hydrogens (tertiary/aromatic N) is 2. The SMILES string of the molecule is O=C(Nc1ccc2c(c1)OCO2)C1CCN(c2ccc([N+](=O)[O-])cc2F)CC1. The molecule has 4 rings (SSSR count). The van der Waals surface area contributed by atoms with Crippen molar-refractivity contribution in [2.75, 3.05) is 30.1 Å². The van der Waals surface area contributed by atoms with E-state index in [1.165, 1.54) is 12.1 Å². The van der Waals surface area contributed by atoms with Crippen LogP contribution in [0.25, 0.3) is 0 Å². The van der Waals surface area contributed by atoms with Crippen LogP contribution in [0.15, 0.2) is 36.4 Å². The molecule has 1 amide bonds. The summed E-state index contributed by atoms with van der Waals surface area (Å²) in [4.78, 5) is 24.5. The van der Waals surface area contributed by atoms with E-state index >= 15 is 0 Å². The van der Waals surface area contributed by atoms with Crippen molar-refractivity contribution in [1.82, 2.24) is 0 Å². The van der Waals surface area contributed by atoms with Crippen molar-refractivity contribution in [3.8, 4) is 11.5 Å². The number of nitrogens with one attached hydrogen (secondary N) is 1. The molecule has 28 heavy (non-hydrogen) atoms. The number of benzene rings is 2. The number of nitro benzene ring substituents is 1. The zero-order valence-electron chi connectivity index (χ0n) is 14.9. The Kier molecular flexibility index (Phi) is 4.72. The summed E-state index contributed by atoms with van der Waals surface area (Å²) in [7, 11) is 0. The van der Waals surface area contributed by atoms with E-state index in [1.54, 1.807) is 18.2 Å². The van der Waals surface area contributed by atoms with Crippen LogP contribution in [0.2, 0.25) is 0 Å². The number of hydrogen-bond donors (Lipinski definition) is 1. The second-order valence-corrected chi connectivity index (χ2v) is 6.71. The van der Waals surface area contributed by atoms with Gasteiger partial charge in [0.15, 0.2) is 17.3 Å². The van der Waals surface area contributed by atoms with E-state index < -0.39 is 10.7 Å². The zero-order valence-corrected chi connectivity index (χ0v) is 14.9. The van der Waals surface area contributed by atoms with E-state index in [2.05, 4.69) is 5.32 Å². The van der Waals surface area contributed by atoms with Crippen LogP contribution in [0.1, 0.15) is 12.8 Å². The van der Waals surface area contributed by atoms with E-state index in [0.717, 1.165) is 6.07 Å². The van der Waals surface area contributed by atoms with Crippen LogP contribution in [-0.4, -0.2) is 30.7 Å². The largest absolute Gasteiger partial charge is 0.454 e. The number of carbonyl (C=O) groups excluding carboxylic acids is 1. The molecule has 0 aromatic heterocycles. The van der Waals surface area contributed by atoms with Crippen molar-refractivity contribution in [3.05, 3.63) is 52.3 Å². The highest BCUT2D eigenvalue weighted by Gasteiger charge is 2.27. The molecule has 0 aliphatic carbocycles. The summed E-state index contributed by atoms with van der Waals surface area (Å²) in [6.45, 7) is 1.16. The minimum Gasteiger partial charge on any atom is -0.454 e. The number of carbonyl (C=O) groups is 1. The Morgan fingerprint density at radius 2 is 1.89 bits per heavy atom. The van der Waals surface area contributed by atoms with Crippen molar-refractivity contribution in [1.29, 1.82) is 0 Å². The molecule has 2 heterocycles. The van der Waals surface area contributed by atoms with Gasteiger partial charge in [0.05, 0.1) is 16.7 Å². The van der Waals surface area contributed by atoms with E-state index in [-0.39, 0.29) is 24.3 Å². The molecule has 0 radical (unpaired) electrons. The highest BCUT2D eigenvalue weighted by atomic mass is 19.1. The molecule has 0 bridgehead atoms. The Labute approximate surface area is 160 Å². The summed E-state index contributed by atoms with van der Waals surface area (Å²) >= 11 is 0. The number of nitro groups is 1. The first-order valence-electron chi connectivity index (χ1n) is 8.90. The predicted molar refractivity (Wildman–Crippen MR) is 99.2 cm³/mol. The van der Waals surface area contributed by atoms with Gasteiger partial charge in [-0.2, -0.15) is 0 Å². The molecule has 9 heteroatoms. The fraction of sp³-hybridized carbons (Fsp3) is 0.316. The third-order valence-electron chi connectivity index (χ3n) is 4.99. The van der Waals surface area contributed by atoms with Crippen molar-refractivity contribution in [2.45, 2.75) is 12.8 Å². The minimum atomic E-state index is -0.627. The summed E-state index contributed by atoms with van der Waals surface area (Å²) in [5, 5.41) is 13.6.